The van der Waals surface area contributed by atoms with E-state index < -0.39 is 6.61 Å². The van der Waals surface area contributed by atoms with Crippen LogP contribution in [0.3, 0.4) is 0 Å². The third kappa shape index (κ3) is 3.19. The Hall–Kier alpha value is -2.57. The smallest absolute Gasteiger partial charge is 0.387 e. The molecule has 1 aromatic heterocycles. The van der Waals surface area contributed by atoms with Crippen LogP contribution in [0.4, 0.5) is 14.6 Å². The van der Waals surface area contributed by atoms with Crippen molar-refractivity contribution in [3.8, 4) is 17.2 Å². The van der Waals surface area contributed by atoms with Gasteiger partial charge < -0.3 is 19.5 Å². The molecule has 2 aromatic rings. The van der Waals surface area contributed by atoms with Crippen LogP contribution in [0.2, 0.25) is 0 Å². The number of hydrogen-bond acceptors (Lipinski definition) is 5. The van der Waals surface area contributed by atoms with Crippen molar-refractivity contribution < 1.29 is 23.0 Å². The lowest BCUT2D eigenvalue weighted by molar-refractivity contribution is -0.0504. The Labute approximate surface area is 125 Å². The van der Waals surface area contributed by atoms with Gasteiger partial charge in [-0.25, -0.2) is 4.98 Å². The number of rotatable bonds is 5. The molecule has 1 aliphatic rings. The predicted molar refractivity (Wildman–Crippen MR) is 75.5 cm³/mol. The fourth-order valence-electron chi connectivity index (χ4n) is 2.14. The highest BCUT2D eigenvalue weighted by Gasteiger charge is 2.20. The SMILES string of the molecule is Cc1cccc(NCc2cc3c(cc2OC(F)F)OCO3)n1. The predicted octanol–water partition coefficient (Wildman–Crippen LogP) is 3.33. The van der Waals surface area contributed by atoms with E-state index in [1.165, 1.54) is 6.07 Å². The minimum atomic E-state index is -2.91. The van der Waals surface area contributed by atoms with Gasteiger partial charge in [-0.05, 0) is 25.1 Å². The molecule has 5 nitrogen and oxygen atoms in total. The van der Waals surface area contributed by atoms with Gasteiger partial charge in [0.05, 0.1) is 0 Å². The number of ether oxygens (including phenoxy) is 3. The number of halogens is 2. The van der Waals surface area contributed by atoms with Gasteiger partial charge in [-0.15, -0.1) is 0 Å². The molecule has 0 bridgehead atoms. The quantitative estimate of drug-likeness (QED) is 0.918. The van der Waals surface area contributed by atoms with Crippen LogP contribution in [0.1, 0.15) is 11.3 Å². The van der Waals surface area contributed by atoms with Crippen LogP contribution < -0.4 is 19.5 Å². The summed E-state index contributed by atoms with van der Waals surface area (Å²) in [5.41, 5.74) is 1.40. The average Bonchev–Trinajstić information content (AvgIpc) is 2.91. The third-order valence-corrected chi connectivity index (χ3v) is 3.12. The maximum atomic E-state index is 12.5. The summed E-state index contributed by atoms with van der Waals surface area (Å²) in [6.45, 7) is -0.692. The van der Waals surface area contributed by atoms with Gasteiger partial charge in [0.15, 0.2) is 11.5 Å². The molecule has 0 saturated heterocycles. The van der Waals surface area contributed by atoms with Crippen LogP contribution in [0.5, 0.6) is 17.2 Å². The lowest BCUT2D eigenvalue weighted by Gasteiger charge is -2.13. The summed E-state index contributed by atoms with van der Waals surface area (Å²) in [4.78, 5) is 4.30. The molecule has 3 rings (SSSR count). The number of aryl methyl sites for hydroxylation is 1. The highest BCUT2D eigenvalue weighted by atomic mass is 19.3. The van der Waals surface area contributed by atoms with Crippen LogP contribution in [0, 0.1) is 6.92 Å². The molecule has 116 valence electrons. The molecule has 0 atom stereocenters. The van der Waals surface area contributed by atoms with E-state index in [2.05, 4.69) is 15.0 Å². The molecule has 0 radical (unpaired) electrons. The van der Waals surface area contributed by atoms with E-state index in [9.17, 15) is 8.78 Å². The van der Waals surface area contributed by atoms with Gasteiger partial charge in [0.2, 0.25) is 6.79 Å². The molecule has 0 saturated carbocycles. The number of fused-ring (bicyclic) bond motifs is 1. The Kier molecular flexibility index (Phi) is 3.95. The Morgan fingerprint density at radius 2 is 2.05 bits per heavy atom. The number of hydrogen-bond donors (Lipinski definition) is 1. The van der Waals surface area contributed by atoms with E-state index in [1.54, 1.807) is 12.1 Å². The van der Waals surface area contributed by atoms with Crippen molar-refractivity contribution in [2.75, 3.05) is 12.1 Å². The third-order valence-electron chi connectivity index (χ3n) is 3.12. The van der Waals surface area contributed by atoms with Crippen LogP contribution in [0.25, 0.3) is 0 Å². The van der Waals surface area contributed by atoms with Crippen molar-refractivity contribution in [3.05, 3.63) is 41.6 Å². The zero-order chi connectivity index (χ0) is 15.5. The average molecular weight is 308 g/mol. The number of nitrogens with one attached hydrogen (secondary N) is 1. The summed E-state index contributed by atoms with van der Waals surface area (Å²) in [6, 6.07) is 8.57. The molecule has 0 amide bonds. The standard InChI is InChI=1S/C15H14F2N2O3/c1-9-3-2-4-14(19-9)18-7-10-5-12-13(21-8-20-12)6-11(10)22-15(16)17/h2-6,15H,7-8H2,1H3,(H,18,19). The molecule has 0 aliphatic carbocycles. The van der Waals surface area contributed by atoms with Gasteiger partial charge in [0, 0.05) is 23.9 Å². The van der Waals surface area contributed by atoms with Crippen LogP contribution >= 0.6 is 0 Å². The van der Waals surface area contributed by atoms with Crippen molar-refractivity contribution in [2.24, 2.45) is 0 Å². The Morgan fingerprint density at radius 3 is 2.77 bits per heavy atom. The lowest BCUT2D eigenvalue weighted by atomic mass is 10.1. The summed E-state index contributed by atoms with van der Waals surface area (Å²) >= 11 is 0. The van der Waals surface area contributed by atoms with Crippen molar-refractivity contribution in [1.82, 2.24) is 4.98 Å². The molecule has 0 unspecified atom stereocenters. The first-order chi connectivity index (χ1) is 10.6. The maximum Gasteiger partial charge on any atom is 0.387 e. The fourth-order valence-corrected chi connectivity index (χ4v) is 2.14. The number of benzene rings is 1. The van der Waals surface area contributed by atoms with Crippen LogP contribution in [-0.4, -0.2) is 18.4 Å². The minimum absolute atomic E-state index is 0.0550. The lowest BCUT2D eigenvalue weighted by Crippen LogP contribution is -2.08. The molecule has 1 aromatic carbocycles. The molecular formula is C15H14F2N2O3. The van der Waals surface area contributed by atoms with Gasteiger partial charge in [-0.2, -0.15) is 8.78 Å². The minimum Gasteiger partial charge on any atom is -0.454 e. The molecule has 1 N–H and O–H groups in total. The molecule has 7 heteroatoms. The monoisotopic (exact) mass is 308 g/mol. The number of nitrogens with zero attached hydrogens (tertiary/aromatic N) is 1. The van der Waals surface area contributed by atoms with E-state index in [0.29, 0.717) is 22.9 Å². The summed E-state index contributed by atoms with van der Waals surface area (Å²) in [6.07, 6.45) is 0. The van der Waals surface area contributed by atoms with E-state index >= 15 is 0 Å². The summed E-state index contributed by atoms with van der Waals surface area (Å²) < 4.78 is 40.1. The Bertz CT molecular complexity index is 680. The molecule has 0 spiro atoms. The number of pyridine rings is 1. The van der Waals surface area contributed by atoms with Crippen molar-refractivity contribution in [3.63, 3.8) is 0 Å². The van der Waals surface area contributed by atoms with E-state index in [-0.39, 0.29) is 19.1 Å². The van der Waals surface area contributed by atoms with Crippen molar-refractivity contribution in [1.29, 1.82) is 0 Å². The topological polar surface area (TPSA) is 52.6 Å². The van der Waals surface area contributed by atoms with Gasteiger partial charge in [-0.3, -0.25) is 0 Å². The van der Waals surface area contributed by atoms with Crippen LogP contribution in [0.15, 0.2) is 30.3 Å². The zero-order valence-corrected chi connectivity index (χ0v) is 11.8. The van der Waals surface area contributed by atoms with Gasteiger partial charge in [-0.1, -0.05) is 6.07 Å². The summed E-state index contributed by atoms with van der Waals surface area (Å²) in [5.74, 6) is 1.61. The summed E-state index contributed by atoms with van der Waals surface area (Å²) in [5, 5.41) is 3.07. The maximum absolute atomic E-state index is 12.5. The number of aromatic nitrogens is 1. The second-order valence-corrected chi connectivity index (χ2v) is 4.71. The normalized spacial score (nSPS) is 12.5. The molecule has 0 fully saturated rings. The highest BCUT2D eigenvalue weighted by molar-refractivity contribution is 5.53. The van der Waals surface area contributed by atoms with Crippen molar-refractivity contribution >= 4 is 5.82 Å². The first-order valence-electron chi connectivity index (χ1n) is 6.66. The first kappa shape index (κ1) is 14.4. The number of alkyl halides is 2. The van der Waals surface area contributed by atoms with E-state index in [1.807, 2.05) is 19.1 Å². The Morgan fingerprint density at radius 1 is 1.27 bits per heavy atom. The molecule has 2 heterocycles. The molecule has 1 aliphatic heterocycles. The largest absolute Gasteiger partial charge is 0.454 e. The molecule has 22 heavy (non-hydrogen) atoms. The second kappa shape index (κ2) is 6.05. The van der Waals surface area contributed by atoms with E-state index in [0.717, 1.165) is 5.69 Å². The van der Waals surface area contributed by atoms with Gasteiger partial charge in [0.1, 0.15) is 11.6 Å². The van der Waals surface area contributed by atoms with Crippen LogP contribution in [-0.2, 0) is 6.54 Å². The Balaban J connectivity index is 1.82. The second-order valence-electron chi connectivity index (χ2n) is 4.71. The van der Waals surface area contributed by atoms with Gasteiger partial charge >= 0.3 is 6.61 Å². The number of anilines is 1. The summed E-state index contributed by atoms with van der Waals surface area (Å²) in [7, 11) is 0. The zero-order valence-electron chi connectivity index (χ0n) is 11.8. The first-order valence-corrected chi connectivity index (χ1v) is 6.66. The molecular weight excluding hydrogens is 294 g/mol. The van der Waals surface area contributed by atoms with E-state index in [4.69, 9.17) is 9.47 Å². The van der Waals surface area contributed by atoms with Gasteiger partial charge in [0.25, 0.3) is 0 Å². The highest BCUT2D eigenvalue weighted by Crippen LogP contribution is 2.38. The fraction of sp³-hybridized carbons (Fsp3) is 0.267. The van der Waals surface area contributed by atoms with Crippen molar-refractivity contribution in [2.45, 2.75) is 20.1 Å².